The Labute approximate surface area is 85.6 Å². The van der Waals surface area contributed by atoms with Gasteiger partial charge in [0.05, 0.1) is 0 Å². The highest BCUT2D eigenvalue weighted by atomic mass is 14.6. The lowest BCUT2D eigenvalue weighted by Crippen LogP contribution is -1.89. The highest BCUT2D eigenvalue weighted by Crippen LogP contribution is 2.64. The van der Waals surface area contributed by atoms with Crippen LogP contribution in [0, 0.1) is 18.8 Å². The molecule has 0 bridgehead atoms. The van der Waals surface area contributed by atoms with Crippen molar-refractivity contribution in [1.29, 1.82) is 0 Å². The van der Waals surface area contributed by atoms with Crippen LogP contribution in [0.25, 0.3) is 0 Å². The third kappa shape index (κ3) is 1.13. The monoisotopic (exact) mass is 184 g/mol. The minimum absolute atomic E-state index is 0.862. The van der Waals surface area contributed by atoms with Crippen molar-refractivity contribution in [2.45, 2.75) is 25.7 Å². The number of hydrogen-bond acceptors (Lipinski definition) is 0. The molecule has 0 radical (unpaired) electrons. The topological polar surface area (TPSA) is 0 Å². The Morgan fingerprint density at radius 2 is 1.64 bits per heavy atom. The van der Waals surface area contributed by atoms with Crippen LogP contribution in [0.5, 0.6) is 0 Å². The fourth-order valence-electron chi connectivity index (χ4n) is 3.03. The van der Waals surface area contributed by atoms with Crippen LogP contribution in [0.3, 0.4) is 0 Å². The van der Waals surface area contributed by atoms with E-state index in [4.69, 9.17) is 0 Å². The zero-order chi connectivity index (χ0) is 9.71. The summed E-state index contributed by atoms with van der Waals surface area (Å²) in [6, 6.07) is 9.08. The van der Waals surface area contributed by atoms with Gasteiger partial charge in [-0.3, -0.25) is 0 Å². The Hall–Kier alpha value is -1.04. The van der Waals surface area contributed by atoms with Gasteiger partial charge in [-0.15, -0.1) is 0 Å². The molecule has 72 valence electrons. The SMILES string of the molecule is C=C1CC2C(C1)C2c1ccc(C)cc1. The second-order valence-corrected chi connectivity index (χ2v) is 4.92. The number of rotatable bonds is 1. The molecule has 2 saturated carbocycles. The number of fused-ring (bicyclic) bond motifs is 1. The lowest BCUT2D eigenvalue weighted by molar-refractivity contribution is 0.802. The second kappa shape index (κ2) is 2.73. The molecule has 2 aliphatic rings. The van der Waals surface area contributed by atoms with Crippen molar-refractivity contribution < 1.29 is 0 Å². The first kappa shape index (κ1) is 8.28. The van der Waals surface area contributed by atoms with Crippen molar-refractivity contribution in [3.05, 3.63) is 47.5 Å². The molecule has 1 aromatic carbocycles. The molecule has 3 rings (SSSR count). The van der Waals surface area contributed by atoms with Crippen molar-refractivity contribution in [3.63, 3.8) is 0 Å². The van der Waals surface area contributed by atoms with Gasteiger partial charge in [-0.1, -0.05) is 42.0 Å². The maximum Gasteiger partial charge on any atom is -0.00932 e. The molecule has 2 atom stereocenters. The fourth-order valence-corrected chi connectivity index (χ4v) is 3.03. The maximum atomic E-state index is 4.08. The lowest BCUT2D eigenvalue weighted by Gasteiger charge is -2.05. The van der Waals surface area contributed by atoms with Crippen molar-refractivity contribution >= 4 is 0 Å². The highest BCUT2D eigenvalue weighted by Gasteiger charge is 2.54. The molecule has 0 nitrogen and oxygen atoms in total. The van der Waals surface area contributed by atoms with Gasteiger partial charge in [-0.2, -0.15) is 0 Å². The van der Waals surface area contributed by atoms with Gasteiger partial charge in [0.1, 0.15) is 0 Å². The molecule has 0 aliphatic heterocycles. The highest BCUT2D eigenvalue weighted by molar-refractivity contribution is 5.35. The van der Waals surface area contributed by atoms with E-state index in [-0.39, 0.29) is 0 Å². The van der Waals surface area contributed by atoms with E-state index in [0.29, 0.717) is 0 Å². The largest absolute Gasteiger partial charge is 0.0998 e. The Morgan fingerprint density at radius 3 is 2.21 bits per heavy atom. The van der Waals surface area contributed by atoms with E-state index in [2.05, 4.69) is 37.8 Å². The molecule has 1 aromatic rings. The number of aryl methyl sites for hydroxylation is 1. The van der Waals surface area contributed by atoms with Crippen molar-refractivity contribution in [2.75, 3.05) is 0 Å². The van der Waals surface area contributed by atoms with E-state index in [9.17, 15) is 0 Å². The molecule has 0 spiro atoms. The van der Waals surface area contributed by atoms with E-state index < -0.39 is 0 Å². The molecule has 2 fully saturated rings. The summed E-state index contributed by atoms with van der Waals surface area (Å²) in [4.78, 5) is 0. The third-order valence-electron chi connectivity index (χ3n) is 3.84. The summed E-state index contributed by atoms with van der Waals surface area (Å²) in [5.74, 6) is 2.73. The Balaban J connectivity index is 1.81. The zero-order valence-corrected chi connectivity index (χ0v) is 8.66. The summed E-state index contributed by atoms with van der Waals surface area (Å²) in [6.07, 6.45) is 2.56. The van der Waals surface area contributed by atoms with Crippen LogP contribution in [0.1, 0.15) is 29.9 Å². The lowest BCUT2D eigenvalue weighted by atomic mass is 10.0. The van der Waals surface area contributed by atoms with E-state index in [0.717, 1.165) is 17.8 Å². The first-order valence-electron chi connectivity index (χ1n) is 5.49. The van der Waals surface area contributed by atoms with Crippen molar-refractivity contribution in [1.82, 2.24) is 0 Å². The first-order valence-corrected chi connectivity index (χ1v) is 5.49. The van der Waals surface area contributed by atoms with Crippen LogP contribution < -0.4 is 0 Å². The summed E-state index contributed by atoms with van der Waals surface area (Å²) in [5.41, 5.74) is 4.39. The van der Waals surface area contributed by atoms with Crippen LogP contribution >= 0.6 is 0 Å². The van der Waals surface area contributed by atoms with Crippen LogP contribution in [0.4, 0.5) is 0 Å². The van der Waals surface area contributed by atoms with Gasteiger partial charge in [0, 0.05) is 0 Å². The second-order valence-electron chi connectivity index (χ2n) is 4.92. The number of benzene rings is 1. The van der Waals surface area contributed by atoms with Crippen LogP contribution in [0.15, 0.2) is 36.4 Å². The predicted molar refractivity (Wildman–Crippen MR) is 59.3 cm³/mol. The predicted octanol–water partition coefficient (Wildman–Crippen LogP) is 3.67. The van der Waals surface area contributed by atoms with Gasteiger partial charge in [0.25, 0.3) is 0 Å². The van der Waals surface area contributed by atoms with Gasteiger partial charge in [0.2, 0.25) is 0 Å². The van der Waals surface area contributed by atoms with Gasteiger partial charge < -0.3 is 0 Å². The molecular formula is C14H16. The van der Waals surface area contributed by atoms with Crippen molar-refractivity contribution in [3.8, 4) is 0 Å². The first-order chi connectivity index (χ1) is 6.75. The van der Waals surface area contributed by atoms with Gasteiger partial charge >= 0.3 is 0 Å². The Bertz CT molecular complexity index is 358. The van der Waals surface area contributed by atoms with Crippen LogP contribution in [0.2, 0.25) is 0 Å². The fraction of sp³-hybridized carbons (Fsp3) is 0.429. The Kier molecular flexibility index (Phi) is 1.61. The van der Waals surface area contributed by atoms with E-state index >= 15 is 0 Å². The average molecular weight is 184 g/mol. The molecular weight excluding hydrogens is 168 g/mol. The average Bonchev–Trinajstić information content (AvgIpc) is 2.68. The minimum Gasteiger partial charge on any atom is -0.0998 e. The zero-order valence-electron chi connectivity index (χ0n) is 8.66. The summed E-state index contributed by atoms with van der Waals surface area (Å²) >= 11 is 0. The normalized spacial score (nSPS) is 34.4. The van der Waals surface area contributed by atoms with E-state index in [1.807, 2.05) is 0 Å². The van der Waals surface area contributed by atoms with E-state index in [1.54, 1.807) is 5.56 Å². The molecule has 0 saturated heterocycles. The summed E-state index contributed by atoms with van der Waals surface area (Å²) in [6.45, 7) is 6.23. The van der Waals surface area contributed by atoms with Gasteiger partial charge in [-0.05, 0) is 43.1 Å². The standard InChI is InChI=1S/C14H16/c1-9-3-5-11(6-4-9)14-12-7-10(2)8-13(12)14/h3-6,12-14H,2,7-8H2,1H3. The minimum atomic E-state index is 0.862. The van der Waals surface area contributed by atoms with Gasteiger partial charge in [0.15, 0.2) is 0 Å². The number of allylic oxidation sites excluding steroid dienone is 1. The summed E-state index contributed by atoms with van der Waals surface area (Å²) in [7, 11) is 0. The molecule has 0 aromatic heterocycles. The quantitative estimate of drug-likeness (QED) is 0.584. The Morgan fingerprint density at radius 1 is 1.07 bits per heavy atom. The maximum absolute atomic E-state index is 4.08. The molecule has 2 aliphatic carbocycles. The van der Waals surface area contributed by atoms with E-state index in [1.165, 1.54) is 24.0 Å². The number of hydrogen-bond donors (Lipinski definition) is 0. The van der Waals surface area contributed by atoms with Crippen LogP contribution in [-0.4, -0.2) is 0 Å². The molecule has 2 unspecified atom stereocenters. The van der Waals surface area contributed by atoms with Crippen LogP contribution in [-0.2, 0) is 0 Å². The molecule has 14 heavy (non-hydrogen) atoms. The molecule has 0 heterocycles. The van der Waals surface area contributed by atoms with Crippen molar-refractivity contribution in [2.24, 2.45) is 11.8 Å². The summed E-state index contributed by atoms with van der Waals surface area (Å²) in [5, 5.41) is 0. The molecule has 0 N–H and O–H groups in total. The summed E-state index contributed by atoms with van der Waals surface area (Å²) < 4.78 is 0. The third-order valence-corrected chi connectivity index (χ3v) is 3.84. The molecule has 0 heteroatoms. The van der Waals surface area contributed by atoms with Gasteiger partial charge in [-0.25, -0.2) is 0 Å². The smallest absolute Gasteiger partial charge is 0.00932 e. The molecule has 0 amide bonds.